The van der Waals surface area contributed by atoms with Crippen molar-refractivity contribution in [1.82, 2.24) is 10.3 Å². The van der Waals surface area contributed by atoms with Gasteiger partial charge in [-0.2, -0.15) is 0 Å². The number of nitrogens with one attached hydrogen (secondary N) is 1. The highest BCUT2D eigenvalue weighted by atomic mass is 14.9. The Morgan fingerprint density at radius 2 is 2.21 bits per heavy atom. The van der Waals surface area contributed by atoms with Gasteiger partial charge in [0.2, 0.25) is 0 Å². The number of hydrogen-bond donors (Lipinski definition) is 1. The zero-order valence-corrected chi connectivity index (χ0v) is 12.6. The van der Waals surface area contributed by atoms with Gasteiger partial charge in [0.15, 0.2) is 0 Å². The molecule has 1 saturated carbocycles. The van der Waals surface area contributed by atoms with Gasteiger partial charge in [0, 0.05) is 23.9 Å². The van der Waals surface area contributed by atoms with Gasteiger partial charge in [0.05, 0.1) is 0 Å². The first-order valence-corrected chi connectivity index (χ1v) is 7.88. The summed E-state index contributed by atoms with van der Waals surface area (Å²) < 4.78 is 0. The Balaban J connectivity index is 2.12. The van der Waals surface area contributed by atoms with Gasteiger partial charge in [-0.05, 0) is 43.4 Å². The quantitative estimate of drug-likeness (QED) is 0.836. The van der Waals surface area contributed by atoms with Gasteiger partial charge in [-0.1, -0.05) is 39.7 Å². The van der Waals surface area contributed by atoms with E-state index in [2.05, 4.69) is 43.2 Å². The van der Waals surface area contributed by atoms with Gasteiger partial charge in [0.1, 0.15) is 0 Å². The zero-order valence-electron chi connectivity index (χ0n) is 12.6. The molecule has 2 nitrogen and oxygen atoms in total. The summed E-state index contributed by atoms with van der Waals surface area (Å²) in [7, 11) is 0. The maximum Gasteiger partial charge on any atom is 0.0447 e. The van der Waals surface area contributed by atoms with E-state index in [0.717, 1.165) is 18.4 Å². The second-order valence-electron chi connectivity index (χ2n) is 6.10. The molecule has 1 aromatic rings. The van der Waals surface area contributed by atoms with Gasteiger partial charge < -0.3 is 5.32 Å². The third-order valence-corrected chi connectivity index (χ3v) is 4.71. The van der Waals surface area contributed by atoms with Crippen molar-refractivity contribution in [2.45, 2.75) is 58.4 Å². The van der Waals surface area contributed by atoms with Crippen molar-refractivity contribution in [3.8, 4) is 0 Å². The van der Waals surface area contributed by atoms with Crippen LogP contribution >= 0.6 is 0 Å². The highest BCUT2D eigenvalue weighted by molar-refractivity contribution is 5.12. The first-order chi connectivity index (χ1) is 9.24. The summed E-state index contributed by atoms with van der Waals surface area (Å²) in [6.07, 6.45) is 7.28. The van der Waals surface area contributed by atoms with Crippen LogP contribution in [-0.4, -0.2) is 17.6 Å². The van der Waals surface area contributed by atoms with Crippen molar-refractivity contribution in [3.63, 3.8) is 0 Å². The molecule has 4 unspecified atom stereocenters. The van der Waals surface area contributed by atoms with Crippen LogP contribution in [0, 0.1) is 11.8 Å². The molecule has 0 spiro atoms. The summed E-state index contributed by atoms with van der Waals surface area (Å²) in [6, 6.07) is 6.86. The zero-order chi connectivity index (χ0) is 13.7. The van der Waals surface area contributed by atoms with Crippen LogP contribution in [0.15, 0.2) is 24.4 Å². The first kappa shape index (κ1) is 14.5. The van der Waals surface area contributed by atoms with Crippen molar-refractivity contribution in [2.24, 2.45) is 11.8 Å². The molecule has 106 valence electrons. The molecule has 1 aromatic heterocycles. The van der Waals surface area contributed by atoms with Crippen LogP contribution < -0.4 is 5.32 Å². The number of nitrogens with zero attached hydrogens (tertiary/aromatic N) is 1. The van der Waals surface area contributed by atoms with E-state index in [1.165, 1.54) is 31.4 Å². The number of aromatic nitrogens is 1. The van der Waals surface area contributed by atoms with E-state index in [0.29, 0.717) is 12.0 Å². The highest BCUT2D eigenvalue weighted by Gasteiger charge is 2.34. The normalized spacial score (nSPS) is 26.3. The van der Waals surface area contributed by atoms with Crippen LogP contribution in [-0.2, 0) is 0 Å². The number of pyridine rings is 1. The summed E-state index contributed by atoms with van der Waals surface area (Å²) in [5.41, 5.74) is 1.23. The summed E-state index contributed by atoms with van der Waals surface area (Å²) in [5.74, 6) is 2.15. The van der Waals surface area contributed by atoms with Crippen LogP contribution in [0.3, 0.4) is 0 Å². The van der Waals surface area contributed by atoms with E-state index in [1.54, 1.807) is 0 Å². The van der Waals surface area contributed by atoms with Crippen molar-refractivity contribution >= 4 is 0 Å². The summed E-state index contributed by atoms with van der Waals surface area (Å²) in [5, 5.41) is 3.80. The Kier molecular flexibility index (Phi) is 5.38. The Morgan fingerprint density at radius 3 is 2.79 bits per heavy atom. The smallest absolute Gasteiger partial charge is 0.0447 e. The molecular weight excluding hydrogens is 232 g/mol. The van der Waals surface area contributed by atoms with E-state index in [1.807, 2.05) is 12.3 Å². The van der Waals surface area contributed by atoms with E-state index in [-0.39, 0.29) is 0 Å². The molecular formula is C17H28N2. The first-order valence-electron chi connectivity index (χ1n) is 7.88. The lowest BCUT2D eigenvalue weighted by Crippen LogP contribution is -2.42. The predicted octanol–water partition coefficient (Wildman–Crippen LogP) is 3.99. The van der Waals surface area contributed by atoms with Crippen molar-refractivity contribution < 1.29 is 0 Å². The largest absolute Gasteiger partial charge is 0.313 e. The van der Waals surface area contributed by atoms with Gasteiger partial charge in [-0.3, -0.25) is 4.98 Å². The Bertz CT molecular complexity index is 363. The second-order valence-corrected chi connectivity index (χ2v) is 6.10. The van der Waals surface area contributed by atoms with Gasteiger partial charge >= 0.3 is 0 Å². The second kappa shape index (κ2) is 7.04. The molecule has 2 heteroatoms. The summed E-state index contributed by atoms with van der Waals surface area (Å²) >= 11 is 0. The minimum atomic E-state index is 0.498. The van der Waals surface area contributed by atoms with E-state index in [4.69, 9.17) is 0 Å². The SMILES string of the molecule is CCCNC(C(C)c1ccccn1)C1CCCC1C. The number of hydrogen-bond acceptors (Lipinski definition) is 2. The van der Waals surface area contributed by atoms with Crippen LogP contribution in [0.2, 0.25) is 0 Å². The van der Waals surface area contributed by atoms with Crippen LogP contribution in [0.4, 0.5) is 0 Å². The van der Waals surface area contributed by atoms with E-state index < -0.39 is 0 Å². The van der Waals surface area contributed by atoms with Crippen LogP contribution in [0.25, 0.3) is 0 Å². The fourth-order valence-corrected chi connectivity index (χ4v) is 3.55. The van der Waals surface area contributed by atoms with Gasteiger partial charge in [-0.25, -0.2) is 0 Å². The monoisotopic (exact) mass is 260 g/mol. The van der Waals surface area contributed by atoms with Crippen molar-refractivity contribution in [1.29, 1.82) is 0 Å². The molecule has 0 radical (unpaired) electrons. The topological polar surface area (TPSA) is 24.9 Å². The lowest BCUT2D eigenvalue weighted by atomic mass is 9.81. The molecule has 1 aliphatic rings. The molecule has 1 N–H and O–H groups in total. The van der Waals surface area contributed by atoms with Crippen LogP contribution in [0.5, 0.6) is 0 Å². The molecule has 0 bridgehead atoms. The maximum atomic E-state index is 4.56. The molecule has 0 amide bonds. The van der Waals surface area contributed by atoms with Crippen molar-refractivity contribution in [2.75, 3.05) is 6.54 Å². The third-order valence-electron chi connectivity index (χ3n) is 4.71. The fraction of sp³-hybridized carbons (Fsp3) is 0.706. The molecule has 1 aliphatic carbocycles. The number of rotatable bonds is 6. The molecule has 0 saturated heterocycles. The minimum Gasteiger partial charge on any atom is -0.313 e. The van der Waals surface area contributed by atoms with E-state index in [9.17, 15) is 0 Å². The van der Waals surface area contributed by atoms with E-state index >= 15 is 0 Å². The lowest BCUT2D eigenvalue weighted by molar-refractivity contribution is 0.266. The summed E-state index contributed by atoms with van der Waals surface area (Å²) in [6.45, 7) is 8.11. The fourth-order valence-electron chi connectivity index (χ4n) is 3.55. The molecule has 1 heterocycles. The third kappa shape index (κ3) is 3.56. The average Bonchev–Trinajstić information content (AvgIpc) is 2.86. The summed E-state index contributed by atoms with van der Waals surface area (Å²) in [4.78, 5) is 4.56. The molecule has 1 fully saturated rings. The molecule has 4 atom stereocenters. The average molecular weight is 260 g/mol. The maximum absolute atomic E-state index is 4.56. The highest BCUT2D eigenvalue weighted by Crippen LogP contribution is 2.38. The lowest BCUT2D eigenvalue weighted by Gasteiger charge is -2.33. The Labute approximate surface area is 118 Å². The predicted molar refractivity (Wildman–Crippen MR) is 81.2 cm³/mol. The molecule has 0 aromatic carbocycles. The van der Waals surface area contributed by atoms with Crippen LogP contribution in [0.1, 0.15) is 58.1 Å². The minimum absolute atomic E-state index is 0.498. The standard InChI is InChI=1S/C17H28N2/c1-4-11-19-17(15-9-7-8-13(15)2)14(3)16-10-5-6-12-18-16/h5-6,10,12-15,17,19H,4,7-9,11H2,1-3H3. The Hall–Kier alpha value is -0.890. The van der Waals surface area contributed by atoms with Crippen molar-refractivity contribution in [3.05, 3.63) is 30.1 Å². The van der Waals surface area contributed by atoms with Gasteiger partial charge in [-0.15, -0.1) is 0 Å². The molecule has 2 rings (SSSR count). The van der Waals surface area contributed by atoms with Gasteiger partial charge in [0.25, 0.3) is 0 Å². The Morgan fingerprint density at radius 1 is 1.37 bits per heavy atom. The molecule has 19 heavy (non-hydrogen) atoms. The molecule has 0 aliphatic heterocycles.